The third kappa shape index (κ3) is 3.74. The highest BCUT2D eigenvalue weighted by Gasteiger charge is 2.33. The number of carboxylic acid groups (broad SMARTS) is 1. The quantitative estimate of drug-likeness (QED) is 0.502. The van der Waals surface area contributed by atoms with Crippen molar-refractivity contribution in [2.75, 3.05) is 19.6 Å². The second kappa shape index (κ2) is 6.24. The molecule has 1 aliphatic rings. The first-order valence-electron chi connectivity index (χ1n) is 5.62. The van der Waals surface area contributed by atoms with E-state index in [9.17, 15) is 14.7 Å². The van der Waals surface area contributed by atoms with Crippen LogP contribution in [0.15, 0.2) is 12.7 Å². The maximum absolute atomic E-state index is 11.8. The van der Waals surface area contributed by atoms with Crippen LogP contribution in [0, 0.1) is 0 Å². The maximum Gasteiger partial charge on any atom is 0.322 e. The molecule has 1 aliphatic heterocycles. The van der Waals surface area contributed by atoms with Gasteiger partial charge in [-0.2, -0.15) is 0 Å². The van der Waals surface area contributed by atoms with E-state index in [4.69, 9.17) is 5.11 Å². The van der Waals surface area contributed by atoms with Crippen LogP contribution < -0.4 is 0 Å². The fourth-order valence-electron chi connectivity index (χ4n) is 1.78. The van der Waals surface area contributed by atoms with Crippen molar-refractivity contribution in [3.8, 4) is 0 Å². The lowest BCUT2D eigenvalue weighted by atomic mass is 10.3. The molecule has 0 unspecified atom stereocenters. The van der Waals surface area contributed by atoms with Gasteiger partial charge in [-0.25, -0.2) is 4.79 Å². The highest BCUT2D eigenvalue weighted by atomic mass is 16.4. The molecule has 6 nitrogen and oxygen atoms in total. The van der Waals surface area contributed by atoms with Crippen molar-refractivity contribution in [1.82, 2.24) is 9.80 Å². The van der Waals surface area contributed by atoms with Gasteiger partial charge < -0.3 is 15.1 Å². The number of aliphatic hydroxyl groups excluding tert-OH is 1. The van der Waals surface area contributed by atoms with E-state index >= 15 is 0 Å². The van der Waals surface area contributed by atoms with Gasteiger partial charge in [0.25, 0.3) is 0 Å². The van der Waals surface area contributed by atoms with Gasteiger partial charge in [0, 0.05) is 19.6 Å². The standard InChI is InChI=1S/C11H18N2O4/c1-2-3-4-5-12-6-7-13(11(12)17)9(14)8-10(15)16/h2,9,14H,1,3-8H2,(H,15,16)/t9-/m1/s1. The molecule has 0 bridgehead atoms. The highest BCUT2D eigenvalue weighted by molar-refractivity contribution is 5.77. The zero-order chi connectivity index (χ0) is 12.8. The van der Waals surface area contributed by atoms with Crippen LogP contribution in [0.3, 0.4) is 0 Å². The van der Waals surface area contributed by atoms with E-state index in [1.807, 2.05) is 0 Å². The van der Waals surface area contributed by atoms with Crippen molar-refractivity contribution in [1.29, 1.82) is 0 Å². The van der Waals surface area contributed by atoms with E-state index in [0.717, 1.165) is 12.8 Å². The van der Waals surface area contributed by atoms with Crippen molar-refractivity contribution < 1.29 is 19.8 Å². The van der Waals surface area contributed by atoms with Gasteiger partial charge in [-0.15, -0.1) is 6.58 Å². The Hall–Kier alpha value is -1.56. The van der Waals surface area contributed by atoms with E-state index in [1.54, 1.807) is 11.0 Å². The largest absolute Gasteiger partial charge is 0.481 e. The summed E-state index contributed by atoms with van der Waals surface area (Å²) >= 11 is 0. The summed E-state index contributed by atoms with van der Waals surface area (Å²) in [6.45, 7) is 5.12. The molecule has 6 heteroatoms. The average molecular weight is 242 g/mol. The van der Waals surface area contributed by atoms with Gasteiger partial charge in [0.05, 0.1) is 6.42 Å². The number of rotatable bonds is 7. The SMILES string of the molecule is C=CCCCN1CCN([C@H](O)CC(=O)O)C1=O. The maximum atomic E-state index is 11.8. The summed E-state index contributed by atoms with van der Waals surface area (Å²) < 4.78 is 0. The molecule has 0 saturated carbocycles. The summed E-state index contributed by atoms with van der Waals surface area (Å²) in [6, 6.07) is -0.289. The number of hydrogen-bond acceptors (Lipinski definition) is 3. The monoisotopic (exact) mass is 242 g/mol. The Balaban J connectivity index is 2.43. The minimum absolute atomic E-state index is 0.289. The molecule has 17 heavy (non-hydrogen) atoms. The summed E-state index contributed by atoms with van der Waals surface area (Å²) in [6.07, 6.45) is 1.79. The fraction of sp³-hybridized carbons (Fsp3) is 0.636. The molecule has 0 aromatic rings. The fourth-order valence-corrected chi connectivity index (χ4v) is 1.78. The van der Waals surface area contributed by atoms with E-state index in [0.29, 0.717) is 19.6 Å². The van der Waals surface area contributed by atoms with Gasteiger partial charge in [0.15, 0.2) is 0 Å². The van der Waals surface area contributed by atoms with Gasteiger partial charge >= 0.3 is 12.0 Å². The van der Waals surface area contributed by atoms with Crippen LogP contribution >= 0.6 is 0 Å². The van der Waals surface area contributed by atoms with Crippen LogP contribution in [0.25, 0.3) is 0 Å². The lowest BCUT2D eigenvalue weighted by Crippen LogP contribution is -2.40. The topological polar surface area (TPSA) is 81.1 Å². The number of unbranched alkanes of at least 4 members (excludes halogenated alkanes) is 1. The molecule has 1 saturated heterocycles. The third-order valence-corrected chi connectivity index (χ3v) is 2.68. The summed E-state index contributed by atoms with van der Waals surface area (Å²) in [5, 5.41) is 18.1. The smallest absolute Gasteiger partial charge is 0.322 e. The molecule has 1 rings (SSSR count). The van der Waals surface area contributed by atoms with Gasteiger partial charge in [0.2, 0.25) is 0 Å². The summed E-state index contributed by atoms with van der Waals surface area (Å²) in [5.74, 6) is -1.12. The Morgan fingerprint density at radius 3 is 2.82 bits per heavy atom. The molecular formula is C11H18N2O4. The van der Waals surface area contributed by atoms with Crippen molar-refractivity contribution in [3.63, 3.8) is 0 Å². The number of aliphatic hydroxyl groups is 1. The first kappa shape index (κ1) is 13.5. The molecule has 2 amide bonds. The number of nitrogens with zero attached hydrogens (tertiary/aromatic N) is 2. The minimum atomic E-state index is -1.23. The Morgan fingerprint density at radius 2 is 2.24 bits per heavy atom. The van der Waals surface area contributed by atoms with E-state index in [2.05, 4.69) is 6.58 Å². The van der Waals surface area contributed by atoms with Gasteiger partial charge in [-0.1, -0.05) is 6.08 Å². The predicted octanol–water partition coefficient (Wildman–Crippen LogP) is 0.483. The molecule has 0 radical (unpaired) electrons. The van der Waals surface area contributed by atoms with E-state index in [-0.39, 0.29) is 6.03 Å². The lowest BCUT2D eigenvalue weighted by molar-refractivity contribution is -0.141. The average Bonchev–Trinajstić information content (AvgIpc) is 2.60. The number of allylic oxidation sites excluding steroid dienone is 1. The molecular weight excluding hydrogens is 224 g/mol. The highest BCUT2D eigenvalue weighted by Crippen LogP contribution is 2.14. The molecule has 0 spiro atoms. The van der Waals surface area contributed by atoms with E-state index in [1.165, 1.54) is 4.90 Å². The normalized spacial score (nSPS) is 17.4. The first-order valence-corrected chi connectivity index (χ1v) is 5.62. The van der Waals surface area contributed by atoms with E-state index < -0.39 is 18.6 Å². The van der Waals surface area contributed by atoms with Gasteiger partial charge in [0.1, 0.15) is 6.23 Å². The summed E-state index contributed by atoms with van der Waals surface area (Å²) in [4.78, 5) is 25.1. The van der Waals surface area contributed by atoms with Crippen LogP contribution in [0.2, 0.25) is 0 Å². The number of hydrogen-bond donors (Lipinski definition) is 2. The molecule has 0 aromatic heterocycles. The zero-order valence-corrected chi connectivity index (χ0v) is 9.71. The number of urea groups is 1. The number of carboxylic acids is 1. The second-order valence-electron chi connectivity index (χ2n) is 3.97. The van der Waals surface area contributed by atoms with Crippen molar-refractivity contribution in [2.24, 2.45) is 0 Å². The van der Waals surface area contributed by atoms with Crippen LogP contribution in [-0.4, -0.2) is 57.9 Å². The molecule has 2 N–H and O–H groups in total. The Morgan fingerprint density at radius 1 is 1.53 bits per heavy atom. The Kier molecular flexibility index (Phi) is 4.96. The number of aliphatic carboxylic acids is 1. The van der Waals surface area contributed by atoms with Crippen molar-refractivity contribution in [3.05, 3.63) is 12.7 Å². The first-order chi connectivity index (χ1) is 8.06. The third-order valence-electron chi connectivity index (χ3n) is 2.68. The van der Waals surface area contributed by atoms with Crippen molar-refractivity contribution >= 4 is 12.0 Å². The number of carbonyl (C=O) groups excluding carboxylic acids is 1. The second-order valence-corrected chi connectivity index (χ2v) is 3.97. The van der Waals surface area contributed by atoms with Crippen molar-refractivity contribution in [2.45, 2.75) is 25.5 Å². The number of amides is 2. The zero-order valence-electron chi connectivity index (χ0n) is 9.71. The Labute approximate surface area is 100 Å². The van der Waals surface area contributed by atoms with Gasteiger partial charge in [-0.3, -0.25) is 9.69 Å². The predicted molar refractivity (Wildman–Crippen MR) is 61.4 cm³/mol. The molecule has 96 valence electrons. The van der Waals surface area contributed by atoms with Crippen LogP contribution in [-0.2, 0) is 4.79 Å². The molecule has 0 aliphatic carbocycles. The molecule has 1 atom stereocenters. The molecule has 0 aromatic carbocycles. The summed E-state index contributed by atoms with van der Waals surface area (Å²) in [5.41, 5.74) is 0. The van der Waals surface area contributed by atoms with Crippen LogP contribution in [0.5, 0.6) is 0 Å². The lowest BCUT2D eigenvalue weighted by Gasteiger charge is -2.22. The molecule has 1 fully saturated rings. The van der Waals surface area contributed by atoms with Gasteiger partial charge in [-0.05, 0) is 12.8 Å². The van der Waals surface area contributed by atoms with Crippen LogP contribution in [0.1, 0.15) is 19.3 Å². The van der Waals surface area contributed by atoms with Crippen LogP contribution in [0.4, 0.5) is 4.79 Å². The number of carbonyl (C=O) groups is 2. The Bertz CT molecular complexity index is 306. The summed E-state index contributed by atoms with van der Waals surface area (Å²) in [7, 11) is 0. The molecule has 1 heterocycles. The minimum Gasteiger partial charge on any atom is -0.481 e.